The van der Waals surface area contributed by atoms with Gasteiger partial charge in [0.25, 0.3) is 0 Å². The van der Waals surface area contributed by atoms with Gasteiger partial charge in [0.2, 0.25) is 11.8 Å². The predicted octanol–water partition coefficient (Wildman–Crippen LogP) is 3.92. The first-order valence-electron chi connectivity index (χ1n) is 10.6. The highest BCUT2D eigenvalue weighted by Gasteiger charge is 2.38. The van der Waals surface area contributed by atoms with Gasteiger partial charge in [0, 0.05) is 32.0 Å². The van der Waals surface area contributed by atoms with Crippen molar-refractivity contribution in [1.82, 2.24) is 15.2 Å². The number of carbonyl (C=O) groups is 2. The number of fused-ring (bicyclic) bond motifs is 2. The van der Waals surface area contributed by atoms with Crippen molar-refractivity contribution >= 4 is 33.4 Å². The van der Waals surface area contributed by atoms with E-state index in [1.54, 1.807) is 11.3 Å². The molecule has 2 amide bonds. The van der Waals surface area contributed by atoms with Crippen LogP contribution in [0.2, 0.25) is 0 Å². The molecule has 1 aromatic heterocycles. The molecule has 2 aliphatic rings. The van der Waals surface area contributed by atoms with Crippen LogP contribution in [-0.2, 0) is 16.0 Å². The smallest absolute Gasteiger partial charge is 0.225 e. The highest BCUT2D eigenvalue weighted by Crippen LogP contribution is 2.32. The lowest BCUT2D eigenvalue weighted by atomic mass is 10.00. The Morgan fingerprint density at radius 2 is 2.00 bits per heavy atom. The van der Waals surface area contributed by atoms with E-state index in [0.717, 1.165) is 68.6 Å². The van der Waals surface area contributed by atoms with E-state index in [9.17, 15) is 9.59 Å². The second-order valence-electron chi connectivity index (χ2n) is 7.97. The van der Waals surface area contributed by atoms with Gasteiger partial charge < -0.3 is 10.2 Å². The molecule has 1 N–H and O–H groups in total. The van der Waals surface area contributed by atoms with Crippen LogP contribution < -0.4 is 5.32 Å². The summed E-state index contributed by atoms with van der Waals surface area (Å²) in [7, 11) is 0. The Bertz CT molecular complexity index is 801. The molecule has 150 valence electrons. The van der Waals surface area contributed by atoms with E-state index in [-0.39, 0.29) is 23.8 Å². The zero-order valence-corrected chi connectivity index (χ0v) is 17.2. The van der Waals surface area contributed by atoms with E-state index in [1.165, 1.54) is 4.70 Å². The third kappa shape index (κ3) is 4.37. The number of carbonyl (C=O) groups excluding carboxylic acids is 2. The van der Waals surface area contributed by atoms with Crippen molar-refractivity contribution in [3.05, 3.63) is 29.3 Å². The van der Waals surface area contributed by atoms with Crippen LogP contribution in [0, 0.1) is 5.92 Å². The van der Waals surface area contributed by atoms with Gasteiger partial charge in [-0.25, -0.2) is 4.98 Å². The van der Waals surface area contributed by atoms with Crippen molar-refractivity contribution in [3.8, 4) is 0 Å². The van der Waals surface area contributed by atoms with Gasteiger partial charge in [0.05, 0.1) is 21.1 Å². The third-order valence-electron chi connectivity index (χ3n) is 6.05. The maximum Gasteiger partial charge on any atom is 0.225 e. The van der Waals surface area contributed by atoms with Gasteiger partial charge in [-0.05, 0) is 37.8 Å². The van der Waals surface area contributed by atoms with E-state index >= 15 is 0 Å². The first-order valence-corrected chi connectivity index (χ1v) is 11.5. The molecule has 28 heavy (non-hydrogen) atoms. The van der Waals surface area contributed by atoms with Gasteiger partial charge >= 0.3 is 0 Å². The van der Waals surface area contributed by atoms with Crippen LogP contribution in [0.4, 0.5) is 0 Å². The second-order valence-corrected chi connectivity index (χ2v) is 9.09. The molecule has 0 spiro atoms. The number of hydrogen-bond acceptors (Lipinski definition) is 4. The van der Waals surface area contributed by atoms with Gasteiger partial charge in [-0.1, -0.05) is 31.4 Å². The molecule has 6 heteroatoms. The molecule has 1 saturated carbocycles. The average Bonchev–Trinajstić information content (AvgIpc) is 3.34. The third-order valence-corrected chi connectivity index (χ3v) is 7.15. The van der Waals surface area contributed by atoms with Crippen LogP contribution in [0.25, 0.3) is 10.2 Å². The average molecular weight is 400 g/mol. The fourth-order valence-corrected chi connectivity index (χ4v) is 5.55. The van der Waals surface area contributed by atoms with Gasteiger partial charge in [0.15, 0.2) is 0 Å². The van der Waals surface area contributed by atoms with Gasteiger partial charge in [-0.3, -0.25) is 9.59 Å². The van der Waals surface area contributed by atoms with E-state index < -0.39 is 0 Å². The number of aromatic nitrogens is 1. The van der Waals surface area contributed by atoms with Crippen LogP contribution in [-0.4, -0.2) is 40.8 Å². The Balaban J connectivity index is 1.45. The van der Waals surface area contributed by atoms with Crippen LogP contribution in [0.5, 0.6) is 0 Å². The molecule has 2 atom stereocenters. The molecular formula is C22H29N3O2S. The highest BCUT2D eigenvalue weighted by atomic mass is 32.1. The minimum absolute atomic E-state index is 0.0375. The zero-order chi connectivity index (χ0) is 19.3. The minimum atomic E-state index is -0.0375. The lowest BCUT2D eigenvalue weighted by molar-refractivity contribution is -0.136. The van der Waals surface area contributed by atoms with E-state index in [0.29, 0.717) is 12.8 Å². The summed E-state index contributed by atoms with van der Waals surface area (Å²) in [5.41, 5.74) is 1.01. The number of aryl methyl sites for hydroxylation is 1. The Labute approximate surface area is 170 Å². The summed E-state index contributed by atoms with van der Waals surface area (Å²) < 4.78 is 1.17. The molecule has 1 aliphatic heterocycles. The first kappa shape index (κ1) is 19.4. The maximum atomic E-state index is 13.2. The summed E-state index contributed by atoms with van der Waals surface area (Å²) >= 11 is 1.68. The number of rotatable bonds is 3. The summed E-state index contributed by atoms with van der Waals surface area (Å²) in [4.78, 5) is 32.5. The predicted molar refractivity (Wildman–Crippen MR) is 112 cm³/mol. The lowest BCUT2D eigenvalue weighted by Crippen LogP contribution is -2.47. The van der Waals surface area contributed by atoms with E-state index in [4.69, 9.17) is 0 Å². The molecule has 0 radical (unpaired) electrons. The molecule has 2 aromatic rings. The minimum Gasteiger partial charge on any atom is -0.356 e. The molecule has 1 aromatic carbocycles. The lowest BCUT2D eigenvalue weighted by Gasteiger charge is -2.32. The Kier molecular flexibility index (Phi) is 6.25. The molecule has 0 bridgehead atoms. The van der Waals surface area contributed by atoms with Crippen molar-refractivity contribution in [2.45, 2.75) is 63.8 Å². The van der Waals surface area contributed by atoms with E-state index in [1.807, 2.05) is 23.1 Å². The topological polar surface area (TPSA) is 62.3 Å². The molecular weight excluding hydrogens is 370 g/mol. The van der Waals surface area contributed by atoms with Crippen molar-refractivity contribution in [3.63, 3.8) is 0 Å². The Hall–Kier alpha value is -1.95. The molecule has 2 fully saturated rings. The van der Waals surface area contributed by atoms with Crippen LogP contribution in [0.1, 0.15) is 56.4 Å². The van der Waals surface area contributed by atoms with Crippen molar-refractivity contribution in [1.29, 1.82) is 0 Å². The van der Waals surface area contributed by atoms with Crippen LogP contribution in [0.15, 0.2) is 24.3 Å². The molecule has 1 aliphatic carbocycles. The number of amides is 2. The fraction of sp³-hybridized carbons (Fsp3) is 0.591. The fourth-order valence-electron chi connectivity index (χ4n) is 4.58. The summed E-state index contributed by atoms with van der Waals surface area (Å²) in [5, 5.41) is 4.12. The largest absolute Gasteiger partial charge is 0.356 e. The second kappa shape index (κ2) is 9.03. The summed E-state index contributed by atoms with van der Waals surface area (Å²) in [6, 6.07) is 8.19. The SMILES string of the molecule is O=C1NCCCCCCN(C(=O)CCc2nc3ccccc3s2)[C@H]2CCC[C@@H]12. The summed E-state index contributed by atoms with van der Waals surface area (Å²) in [6.45, 7) is 1.56. The van der Waals surface area contributed by atoms with E-state index in [2.05, 4.69) is 16.4 Å². The molecule has 2 heterocycles. The number of thiazole rings is 1. The monoisotopic (exact) mass is 399 g/mol. The number of nitrogens with zero attached hydrogens (tertiary/aromatic N) is 2. The number of benzene rings is 1. The molecule has 1 saturated heterocycles. The number of para-hydroxylation sites is 1. The Morgan fingerprint density at radius 1 is 1.14 bits per heavy atom. The van der Waals surface area contributed by atoms with Crippen molar-refractivity contribution in [2.75, 3.05) is 13.1 Å². The van der Waals surface area contributed by atoms with Gasteiger partial charge in [0.1, 0.15) is 0 Å². The normalized spacial score (nSPS) is 23.9. The summed E-state index contributed by atoms with van der Waals surface area (Å²) in [6.07, 6.45) is 8.34. The number of nitrogens with one attached hydrogen (secondary N) is 1. The first-order chi connectivity index (χ1) is 13.7. The molecule has 4 rings (SSSR count). The molecule has 5 nitrogen and oxygen atoms in total. The maximum absolute atomic E-state index is 13.2. The molecule has 0 unspecified atom stereocenters. The van der Waals surface area contributed by atoms with Gasteiger partial charge in [-0.2, -0.15) is 0 Å². The Morgan fingerprint density at radius 3 is 2.89 bits per heavy atom. The standard InChI is InChI=1S/C22H29N3O2S/c26-21(13-12-20-24-17-9-3-4-11-19(17)28-20)25-15-6-2-1-5-14-23-22(27)16-8-7-10-18(16)25/h3-4,9,11,16,18H,1-2,5-8,10,12-15H2,(H,23,27)/t16-,18+/m1/s1. The van der Waals surface area contributed by atoms with Crippen LogP contribution >= 0.6 is 11.3 Å². The van der Waals surface area contributed by atoms with Gasteiger partial charge in [-0.15, -0.1) is 11.3 Å². The highest BCUT2D eigenvalue weighted by molar-refractivity contribution is 7.18. The quantitative estimate of drug-likeness (QED) is 0.851. The zero-order valence-electron chi connectivity index (χ0n) is 16.4. The van der Waals surface area contributed by atoms with Crippen molar-refractivity contribution < 1.29 is 9.59 Å². The summed E-state index contributed by atoms with van der Waals surface area (Å²) in [5.74, 6) is 0.293. The number of hydrogen-bond donors (Lipinski definition) is 1. The van der Waals surface area contributed by atoms with Crippen LogP contribution in [0.3, 0.4) is 0 Å². The van der Waals surface area contributed by atoms with Crippen molar-refractivity contribution in [2.24, 2.45) is 5.92 Å².